The SMILES string of the molecule is O=C(O)c1cc2ccccc2c(N=Nc2c(S(=O)(=O)O)ccc3ccccc23)c1O.O=CO. The summed E-state index contributed by atoms with van der Waals surface area (Å²) < 4.78 is 33.3. The Morgan fingerprint density at radius 3 is 1.94 bits per heavy atom. The van der Waals surface area contributed by atoms with Gasteiger partial charge in [-0.05, 0) is 22.9 Å². The van der Waals surface area contributed by atoms with Crippen molar-refractivity contribution < 1.29 is 37.9 Å². The Kier molecular flexibility index (Phi) is 6.66. The Hall–Kier alpha value is -4.35. The predicted molar refractivity (Wildman–Crippen MR) is 119 cm³/mol. The number of carboxylic acids is 1. The fourth-order valence-electron chi connectivity index (χ4n) is 3.23. The normalized spacial score (nSPS) is 11.3. The van der Waals surface area contributed by atoms with Crippen LogP contribution in [0.1, 0.15) is 10.4 Å². The van der Waals surface area contributed by atoms with Gasteiger partial charge in [0.05, 0.1) is 0 Å². The van der Waals surface area contributed by atoms with Crippen molar-refractivity contribution in [2.75, 3.05) is 0 Å². The lowest BCUT2D eigenvalue weighted by Crippen LogP contribution is -1.98. The number of benzene rings is 4. The second-order valence-electron chi connectivity index (χ2n) is 6.56. The van der Waals surface area contributed by atoms with E-state index in [0.717, 1.165) is 0 Å². The van der Waals surface area contributed by atoms with Crippen molar-refractivity contribution in [3.63, 3.8) is 0 Å². The van der Waals surface area contributed by atoms with Crippen LogP contribution in [0, 0.1) is 0 Å². The van der Waals surface area contributed by atoms with Gasteiger partial charge in [-0.3, -0.25) is 9.35 Å². The third-order valence-electron chi connectivity index (χ3n) is 4.62. The zero-order valence-electron chi connectivity index (χ0n) is 16.7. The Bertz CT molecular complexity index is 1510. The number of phenols is 1. The molecule has 0 aliphatic carbocycles. The van der Waals surface area contributed by atoms with E-state index in [1.165, 1.54) is 18.2 Å². The first-order chi connectivity index (χ1) is 15.7. The maximum atomic E-state index is 11.9. The van der Waals surface area contributed by atoms with Crippen LogP contribution in [-0.4, -0.2) is 40.7 Å². The zero-order valence-corrected chi connectivity index (χ0v) is 17.5. The number of fused-ring (bicyclic) bond motifs is 2. The topological polar surface area (TPSA) is 174 Å². The van der Waals surface area contributed by atoms with Crippen LogP contribution in [0.25, 0.3) is 21.5 Å². The van der Waals surface area contributed by atoms with Gasteiger partial charge >= 0.3 is 5.97 Å². The molecule has 4 rings (SSSR count). The van der Waals surface area contributed by atoms with Gasteiger partial charge in [-0.15, -0.1) is 10.2 Å². The number of hydrogen-bond donors (Lipinski definition) is 4. The Morgan fingerprint density at radius 1 is 0.848 bits per heavy atom. The highest BCUT2D eigenvalue weighted by Gasteiger charge is 2.20. The summed E-state index contributed by atoms with van der Waals surface area (Å²) in [7, 11) is -4.61. The first kappa shape index (κ1) is 23.3. The molecule has 11 heteroatoms. The molecule has 0 atom stereocenters. The third kappa shape index (κ3) is 4.79. The summed E-state index contributed by atoms with van der Waals surface area (Å²) >= 11 is 0. The fraction of sp³-hybridized carbons (Fsp3) is 0. The van der Waals surface area contributed by atoms with Gasteiger partial charge in [-0.1, -0.05) is 54.6 Å². The summed E-state index contributed by atoms with van der Waals surface area (Å²) in [4.78, 5) is 19.4. The number of azo groups is 1. The van der Waals surface area contributed by atoms with E-state index in [4.69, 9.17) is 9.90 Å². The molecule has 0 aromatic heterocycles. The molecule has 168 valence electrons. The van der Waals surface area contributed by atoms with Crippen LogP contribution in [0.5, 0.6) is 5.75 Å². The lowest BCUT2D eigenvalue weighted by molar-refractivity contribution is -0.122. The summed E-state index contributed by atoms with van der Waals surface area (Å²) in [6.07, 6.45) is 0. The molecule has 4 aromatic carbocycles. The molecule has 0 unspecified atom stereocenters. The summed E-state index contributed by atoms with van der Waals surface area (Å²) in [5.41, 5.74) is -0.616. The molecule has 10 nitrogen and oxygen atoms in total. The average molecular weight is 468 g/mol. The monoisotopic (exact) mass is 468 g/mol. The molecule has 0 bridgehead atoms. The molecule has 0 spiro atoms. The first-order valence-corrected chi connectivity index (χ1v) is 10.6. The third-order valence-corrected chi connectivity index (χ3v) is 5.50. The lowest BCUT2D eigenvalue weighted by atomic mass is 10.0. The molecule has 0 heterocycles. The molecule has 33 heavy (non-hydrogen) atoms. The van der Waals surface area contributed by atoms with E-state index in [1.54, 1.807) is 48.5 Å². The summed E-state index contributed by atoms with van der Waals surface area (Å²) in [6, 6.07) is 17.5. The number of carboxylic acid groups (broad SMARTS) is 2. The highest BCUT2D eigenvalue weighted by Crippen LogP contribution is 2.41. The van der Waals surface area contributed by atoms with Gasteiger partial charge in [0.15, 0.2) is 5.75 Å². The van der Waals surface area contributed by atoms with Gasteiger partial charge in [0, 0.05) is 10.8 Å². The average Bonchev–Trinajstić information content (AvgIpc) is 2.77. The standard InChI is InChI=1S/C21H14N2O6S.CH2O2/c24-20-16(21(25)26)11-13-6-2-4-8-15(13)19(20)23-22-18-14-7-3-1-5-12(14)9-10-17(18)30(27,28)29;2-1-3/h1-11,24H,(H,25,26)(H,27,28,29);1H,(H,2,3). The minimum atomic E-state index is -4.61. The highest BCUT2D eigenvalue weighted by atomic mass is 32.2. The van der Waals surface area contributed by atoms with Crippen molar-refractivity contribution in [3.05, 3.63) is 72.3 Å². The Balaban J connectivity index is 0.000000968. The quantitative estimate of drug-likeness (QED) is 0.188. The lowest BCUT2D eigenvalue weighted by Gasteiger charge is -2.09. The zero-order chi connectivity index (χ0) is 24.2. The van der Waals surface area contributed by atoms with Gasteiger partial charge < -0.3 is 15.3 Å². The second kappa shape index (κ2) is 9.42. The van der Waals surface area contributed by atoms with Crippen molar-refractivity contribution in [1.29, 1.82) is 0 Å². The van der Waals surface area contributed by atoms with E-state index >= 15 is 0 Å². The van der Waals surface area contributed by atoms with Crippen molar-refractivity contribution in [3.8, 4) is 5.75 Å². The van der Waals surface area contributed by atoms with Crippen molar-refractivity contribution in [2.24, 2.45) is 10.2 Å². The minimum Gasteiger partial charge on any atom is -0.505 e. The van der Waals surface area contributed by atoms with E-state index in [1.807, 2.05) is 0 Å². The molecular weight excluding hydrogens is 452 g/mol. The number of aromatic hydroxyl groups is 1. The van der Waals surface area contributed by atoms with Gasteiger partial charge in [-0.2, -0.15) is 8.42 Å². The molecule has 0 saturated carbocycles. The van der Waals surface area contributed by atoms with Crippen LogP contribution in [0.15, 0.2) is 81.9 Å². The smallest absolute Gasteiger partial charge is 0.339 e. The molecule has 0 aliphatic rings. The van der Waals surface area contributed by atoms with E-state index in [9.17, 15) is 28.0 Å². The van der Waals surface area contributed by atoms with Crippen molar-refractivity contribution in [2.45, 2.75) is 4.90 Å². The van der Waals surface area contributed by atoms with Crippen molar-refractivity contribution >= 4 is 55.5 Å². The van der Waals surface area contributed by atoms with Gasteiger partial charge in [-0.25, -0.2) is 4.79 Å². The molecule has 0 amide bonds. The van der Waals surface area contributed by atoms with Crippen LogP contribution in [0.4, 0.5) is 11.4 Å². The molecule has 0 radical (unpaired) electrons. The van der Waals surface area contributed by atoms with Gasteiger partial charge in [0.25, 0.3) is 16.6 Å². The number of hydrogen-bond acceptors (Lipinski definition) is 7. The Labute approximate surface area is 186 Å². The van der Waals surface area contributed by atoms with E-state index in [2.05, 4.69) is 10.2 Å². The second-order valence-corrected chi connectivity index (χ2v) is 7.95. The van der Waals surface area contributed by atoms with Crippen LogP contribution in [-0.2, 0) is 14.9 Å². The number of carbonyl (C=O) groups is 2. The molecule has 0 saturated heterocycles. The maximum Gasteiger partial charge on any atom is 0.339 e. The fourth-order valence-corrected chi connectivity index (χ4v) is 3.86. The number of nitrogens with zero attached hydrogens (tertiary/aromatic N) is 2. The van der Waals surface area contributed by atoms with Gasteiger partial charge in [0.1, 0.15) is 21.8 Å². The molecule has 0 fully saturated rings. The van der Waals surface area contributed by atoms with E-state index in [-0.39, 0.29) is 23.4 Å². The van der Waals surface area contributed by atoms with Crippen LogP contribution in [0.3, 0.4) is 0 Å². The summed E-state index contributed by atoms with van der Waals surface area (Å²) in [6.45, 7) is -0.250. The Morgan fingerprint density at radius 2 is 1.36 bits per heavy atom. The largest absolute Gasteiger partial charge is 0.505 e. The van der Waals surface area contributed by atoms with Crippen LogP contribution < -0.4 is 0 Å². The van der Waals surface area contributed by atoms with E-state index in [0.29, 0.717) is 21.5 Å². The summed E-state index contributed by atoms with van der Waals surface area (Å²) in [5.74, 6) is -1.95. The van der Waals surface area contributed by atoms with Crippen LogP contribution in [0.2, 0.25) is 0 Å². The molecule has 4 N–H and O–H groups in total. The predicted octanol–water partition coefficient (Wildman–Crippen LogP) is 4.76. The molecule has 0 aliphatic heterocycles. The first-order valence-electron chi connectivity index (χ1n) is 9.16. The maximum absolute atomic E-state index is 11.9. The minimum absolute atomic E-state index is 0.125. The van der Waals surface area contributed by atoms with Gasteiger partial charge in [0.2, 0.25) is 0 Å². The number of rotatable bonds is 4. The van der Waals surface area contributed by atoms with Crippen LogP contribution >= 0.6 is 0 Å². The van der Waals surface area contributed by atoms with E-state index < -0.39 is 26.7 Å². The highest BCUT2D eigenvalue weighted by molar-refractivity contribution is 7.86. The molecule has 4 aromatic rings. The number of aromatic carboxylic acids is 1. The van der Waals surface area contributed by atoms with Crippen molar-refractivity contribution in [1.82, 2.24) is 0 Å². The summed E-state index contributed by atoms with van der Waals surface area (Å²) in [5, 5.41) is 36.8. The molecular formula is C22H16N2O8S.